The maximum absolute atomic E-state index is 13.3. The van der Waals surface area contributed by atoms with Crippen LogP contribution in [0, 0.1) is 6.92 Å². The molecule has 0 bridgehead atoms. The Hall–Kier alpha value is -2.15. The van der Waals surface area contributed by atoms with Crippen molar-refractivity contribution in [1.82, 2.24) is 19.4 Å². The van der Waals surface area contributed by atoms with Crippen molar-refractivity contribution in [3.8, 4) is 5.69 Å². The highest BCUT2D eigenvalue weighted by atomic mass is 32.2. The van der Waals surface area contributed by atoms with Gasteiger partial charge in [-0.05, 0) is 50.7 Å². The molecule has 0 radical (unpaired) electrons. The molecule has 4 rings (SSSR count). The second-order valence-corrected chi connectivity index (χ2v) is 8.75. The Bertz CT molecular complexity index is 1040. The first-order valence-electron chi connectivity index (χ1n) is 10.2. The molecule has 0 amide bonds. The quantitative estimate of drug-likeness (QED) is 0.355. The van der Waals surface area contributed by atoms with Crippen LogP contribution in [-0.2, 0) is 0 Å². The van der Waals surface area contributed by atoms with Gasteiger partial charge in [-0.25, -0.2) is 4.98 Å². The van der Waals surface area contributed by atoms with Crippen LogP contribution in [0.2, 0.25) is 0 Å². The summed E-state index contributed by atoms with van der Waals surface area (Å²) in [6.07, 6.45) is 1.09. The van der Waals surface area contributed by atoms with Crippen molar-refractivity contribution in [2.75, 3.05) is 45.5 Å². The van der Waals surface area contributed by atoms with Crippen LogP contribution in [0.25, 0.3) is 16.6 Å². The lowest BCUT2D eigenvalue weighted by molar-refractivity contribution is 0.154. The number of hydrogen-bond acceptors (Lipinski definition) is 5. The molecule has 0 aliphatic carbocycles. The summed E-state index contributed by atoms with van der Waals surface area (Å²) >= 11 is 1.68. The SMILES string of the molecule is Cc1ccccc1-n1c(SCCCN2CCN(C)CC2)nc2ccccc2c1=O. The van der Waals surface area contributed by atoms with Gasteiger partial charge in [0.1, 0.15) is 0 Å². The first-order chi connectivity index (χ1) is 14.1. The van der Waals surface area contributed by atoms with Gasteiger partial charge in [-0.2, -0.15) is 0 Å². The number of nitrogens with zero attached hydrogens (tertiary/aromatic N) is 4. The lowest BCUT2D eigenvalue weighted by atomic mass is 10.2. The molecule has 0 unspecified atom stereocenters. The summed E-state index contributed by atoms with van der Waals surface area (Å²) in [4.78, 5) is 23.1. The Morgan fingerprint density at radius 3 is 2.52 bits per heavy atom. The highest BCUT2D eigenvalue weighted by Crippen LogP contribution is 2.23. The standard InChI is InChI=1S/C23H28N4OS/c1-18-8-3-6-11-21(18)27-22(28)19-9-4-5-10-20(19)24-23(27)29-17-7-12-26-15-13-25(2)14-16-26/h3-6,8-11H,7,12-17H2,1-2H3. The fraction of sp³-hybridized carbons (Fsp3) is 0.391. The fourth-order valence-electron chi connectivity index (χ4n) is 3.76. The lowest BCUT2D eigenvalue weighted by Crippen LogP contribution is -2.44. The normalized spacial score (nSPS) is 15.8. The smallest absolute Gasteiger partial charge is 0.266 e. The van der Waals surface area contributed by atoms with Crippen molar-refractivity contribution >= 4 is 22.7 Å². The highest BCUT2D eigenvalue weighted by molar-refractivity contribution is 7.99. The molecular weight excluding hydrogens is 380 g/mol. The third-order valence-corrected chi connectivity index (χ3v) is 6.57. The van der Waals surface area contributed by atoms with Crippen molar-refractivity contribution in [2.45, 2.75) is 18.5 Å². The number of aromatic nitrogens is 2. The van der Waals surface area contributed by atoms with E-state index in [1.807, 2.05) is 55.5 Å². The van der Waals surface area contributed by atoms with E-state index >= 15 is 0 Å². The Morgan fingerprint density at radius 2 is 1.72 bits per heavy atom. The topological polar surface area (TPSA) is 41.4 Å². The number of fused-ring (bicyclic) bond motifs is 1. The number of rotatable bonds is 6. The van der Waals surface area contributed by atoms with Crippen molar-refractivity contribution in [1.29, 1.82) is 0 Å². The summed E-state index contributed by atoms with van der Waals surface area (Å²) in [7, 11) is 2.18. The minimum Gasteiger partial charge on any atom is -0.304 e. The average molecular weight is 409 g/mol. The van der Waals surface area contributed by atoms with Crippen LogP contribution in [0.1, 0.15) is 12.0 Å². The molecule has 1 aliphatic rings. The van der Waals surface area contributed by atoms with Crippen molar-refractivity contribution < 1.29 is 0 Å². The molecular formula is C23H28N4OS. The summed E-state index contributed by atoms with van der Waals surface area (Å²) in [6.45, 7) is 7.72. The molecule has 6 heteroatoms. The molecule has 152 valence electrons. The number of para-hydroxylation sites is 2. The molecule has 1 aliphatic heterocycles. The summed E-state index contributed by atoms with van der Waals surface area (Å²) < 4.78 is 1.79. The Balaban J connectivity index is 1.57. The maximum Gasteiger partial charge on any atom is 0.266 e. The molecule has 3 aromatic rings. The van der Waals surface area contributed by atoms with Crippen LogP contribution in [-0.4, -0.2) is 64.9 Å². The molecule has 0 spiro atoms. The first-order valence-corrected chi connectivity index (χ1v) is 11.2. The second kappa shape index (κ2) is 9.11. The van der Waals surface area contributed by atoms with Gasteiger partial charge in [0.2, 0.25) is 0 Å². The largest absolute Gasteiger partial charge is 0.304 e. The van der Waals surface area contributed by atoms with Crippen LogP contribution < -0.4 is 5.56 Å². The van der Waals surface area contributed by atoms with Gasteiger partial charge >= 0.3 is 0 Å². The van der Waals surface area contributed by atoms with E-state index in [2.05, 4.69) is 16.8 Å². The Labute approximate surface area is 176 Å². The molecule has 1 saturated heterocycles. The van der Waals surface area contributed by atoms with Crippen molar-refractivity contribution in [3.63, 3.8) is 0 Å². The van der Waals surface area contributed by atoms with E-state index in [-0.39, 0.29) is 5.56 Å². The Kier molecular flexibility index (Phi) is 6.33. The third kappa shape index (κ3) is 4.55. The van der Waals surface area contributed by atoms with Gasteiger partial charge in [0.15, 0.2) is 5.16 Å². The molecule has 1 fully saturated rings. The number of aryl methyl sites for hydroxylation is 1. The molecule has 0 saturated carbocycles. The average Bonchev–Trinajstić information content (AvgIpc) is 2.74. The molecule has 0 N–H and O–H groups in total. The van der Waals surface area contributed by atoms with Crippen LogP contribution in [0.4, 0.5) is 0 Å². The summed E-state index contributed by atoms with van der Waals surface area (Å²) in [6, 6.07) is 15.6. The van der Waals surface area contributed by atoms with E-state index in [1.165, 1.54) is 0 Å². The van der Waals surface area contributed by atoms with Crippen LogP contribution >= 0.6 is 11.8 Å². The van der Waals surface area contributed by atoms with Crippen molar-refractivity contribution in [2.24, 2.45) is 0 Å². The van der Waals surface area contributed by atoms with E-state index in [0.29, 0.717) is 5.39 Å². The molecule has 29 heavy (non-hydrogen) atoms. The molecule has 5 nitrogen and oxygen atoms in total. The number of piperazine rings is 1. The van der Waals surface area contributed by atoms with Gasteiger partial charge in [0.05, 0.1) is 16.6 Å². The van der Waals surface area contributed by atoms with E-state index < -0.39 is 0 Å². The summed E-state index contributed by atoms with van der Waals surface area (Å²) in [5.74, 6) is 0.947. The third-order valence-electron chi connectivity index (χ3n) is 5.55. The minimum absolute atomic E-state index is 0.00599. The fourth-order valence-corrected chi connectivity index (χ4v) is 4.69. The van der Waals surface area contributed by atoms with E-state index in [1.54, 1.807) is 16.3 Å². The summed E-state index contributed by atoms with van der Waals surface area (Å²) in [5.41, 5.74) is 2.76. The zero-order valence-corrected chi connectivity index (χ0v) is 18.0. The van der Waals surface area contributed by atoms with Crippen LogP contribution in [0.3, 0.4) is 0 Å². The monoisotopic (exact) mass is 408 g/mol. The van der Waals surface area contributed by atoms with Crippen LogP contribution in [0.15, 0.2) is 58.5 Å². The summed E-state index contributed by atoms with van der Waals surface area (Å²) in [5, 5.41) is 1.44. The molecule has 0 atom stereocenters. The number of hydrogen-bond donors (Lipinski definition) is 0. The van der Waals surface area contributed by atoms with Gasteiger partial charge in [-0.1, -0.05) is 42.1 Å². The van der Waals surface area contributed by atoms with Crippen LogP contribution in [0.5, 0.6) is 0 Å². The minimum atomic E-state index is 0.00599. The number of thioether (sulfide) groups is 1. The first kappa shape index (κ1) is 20.1. The van der Waals surface area contributed by atoms with Gasteiger partial charge in [0.25, 0.3) is 5.56 Å². The number of likely N-dealkylation sites (N-methyl/N-ethyl adjacent to an activating group) is 1. The zero-order chi connectivity index (χ0) is 20.2. The predicted molar refractivity (Wildman–Crippen MR) is 121 cm³/mol. The van der Waals surface area contributed by atoms with Crippen molar-refractivity contribution in [3.05, 3.63) is 64.4 Å². The lowest BCUT2D eigenvalue weighted by Gasteiger charge is -2.32. The Morgan fingerprint density at radius 1 is 1.00 bits per heavy atom. The second-order valence-electron chi connectivity index (χ2n) is 7.69. The zero-order valence-electron chi connectivity index (χ0n) is 17.2. The van der Waals surface area contributed by atoms with Gasteiger partial charge in [-0.3, -0.25) is 9.36 Å². The van der Waals surface area contributed by atoms with Gasteiger partial charge in [-0.15, -0.1) is 0 Å². The van der Waals surface area contributed by atoms with E-state index in [4.69, 9.17) is 4.98 Å². The van der Waals surface area contributed by atoms with E-state index in [9.17, 15) is 4.79 Å². The highest BCUT2D eigenvalue weighted by Gasteiger charge is 2.16. The van der Waals surface area contributed by atoms with Gasteiger partial charge in [0, 0.05) is 31.9 Å². The van der Waals surface area contributed by atoms with E-state index in [0.717, 1.165) is 66.8 Å². The molecule has 2 aromatic carbocycles. The maximum atomic E-state index is 13.3. The van der Waals surface area contributed by atoms with Gasteiger partial charge < -0.3 is 9.80 Å². The number of benzene rings is 2. The predicted octanol–water partition coefficient (Wildman–Crippen LogP) is 3.42. The molecule has 1 aromatic heterocycles. The molecule has 2 heterocycles.